The maximum Gasteiger partial charge on any atom is 0.323 e. The average molecular weight is 321 g/mol. The van der Waals surface area contributed by atoms with Crippen molar-refractivity contribution >= 4 is 17.4 Å². The van der Waals surface area contributed by atoms with Crippen molar-refractivity contribution in [1.29, 1.82) is 0 Å². The van der Waals surface area contributed by atoms with E-state index in [-0.39, 0.29) is 12.1 Å². The highest BCUT2D eigenvalue weighted by Crippen LogP contribution is 2.40. The van der Waals surface area contributed by atoms with Crippen LogP contribution in [0.3, 0.4) is 0 Å². The highest BCUT2D eigenvalue weighted by molar-refractivity contribution is 5.99. The molecule has 1 atom stereocenters. The smallest absolute Gasteiger partial charge is 0.323 e. The minimum atomic E-state index is -0.207. The Morgan fingerprint density at radius 2 is 1.62 bits per heavy atom. The Balaban J connectivity index is 1.38. The second-order valence-electron chi connectivity index (χ2n) is 6.96. The number of hydrogen-bond donors (Lipinski definition) is 3. The Hall–Kier alpha value is -2.33. The van der Waals surface area contributed by atoms with Gasteiger partial charge in [0.15, 0.2) is 0 Å². The van der Waals surface area contributed by atoms with Crippen molar-refractivity contribution in [2.45, 2.75) is 44.1 Å². The molecule has 4 N–H and O–H groups in total. The summed E-state index contributed by atoms with van der Waals surface area (Å²) >= 11 is 0. The third kappa shape index (κ3) is 3.44. The van der Waals surface area contributed by atoms with E-state index in [0.717, 1.165) is 36.6 Å². The summed E-state index contributed by atoms with van der Waals surface area (Å²) in [4.78, 5) is 12.2. The molecule has 4 nitrogen and oxygen atoms in total. The number of anilines is 2. The first-order chi connectivity index (χ1) is 11.7. The first-order valence-electron chi connectivity index (χ1n) is 8.73. The van der Waals surface area contributed by atoms with Crippen molar-refractivity contribution in [3.8, 4) is 0 Å². The van der Waals surface area contributed by atoms with Gasteiger partial charge in [-0.25, -0.2) is 4.79 Å². The molecular formula is C20H23N3O. The molecule has 0 aliphatic heterocycles. The van der Waals surface area contributed by atoms with Gasteiger partial charge in [-0.1, -0.05) is 18.2 Å². The van der Waals surface area contributed by atoms with E-state index in [1.54, 1.807) is 0 Å². The highest BCUT2D eigenvalue weighted by atomic mass is 16.2. The van der Waals surface area contributed by atoms with Crippen LogP contribution in [0.15, 0.2) is 42.5 Å². The molecule has 0 heterocycles. The van der Waals surface area contributed by atoms with Crippen LogP contribution >= 0.6 is 0 Å². The molecule has 2 aliphatic carbocycles. The van der Waals surface area contributed by atoms with E-state index in [1.165, 1.54) is 29.5 Å². The fraction of sp³-hybridized carbons (Fsp3) is 0.350. The van der Waals surface area contributed by atoms with Crippen LogP contribution in [-0.4, -0.2) is 12.1 Å². The predicted molar refractivity (Wildman–Crippen MR) is 97.5 cm³/mol. The summed E-state index contributed by atoms with van der Waals surface area (Å²) in [5, 5.41) is 5.81. The van der Waals surface area contributed by atoms with Crippen molar-refractivity contribution < 1.29 is 4.79 Å². The predicted octanol–water partition coefficient (Wildman–Crippen LogP) is 4.02. The second-order valence-corrected chi connectivity index (χ2v) is 6.96. The van der Waals surface area contributed by atoms with Crippen molar-refractivity contribution in [2.75, 3.05) is 10.6 Å². The van der Waals surface area contributed by atoms with Crippen LogP contribution in [-0.2, 0) is 12.8 Å². The van der Waals surface area contributed by atoms with Crippen LogP contribution in [0.5, 0.6) is 0 Å². The monoisotopic (exact) mass is 321 g/mol. The third-order valence-corrected chi connectivity index (χ3v) is 4.95. The normalized spacial score (nSPS) is 19.5. The summed E-state index contributed by atoms with van der Waals surface area (Å²) in [6.07, 6.45) is 5.49. The molecule has 4 heteroatoms. The molecular weight excluding hydrogens is 298 g/mol. The van der Waals surface area contributed by atoms with E-state index < -0.39 is 0 Å². The Morgan fingerprint density at radius 1 is 0.917 bits per heavy atom. The molecule has 2 amide bonds. The number of carbonyl (C=O) groups is 1. The topological polar surface area (TPSA) is 67.1 Å². The van der Waals surface area contributed by atoms with Crippen LogP contribution < -0.4 is 16.4 Å². The maximum atomic E-state index is 12.2. The number of hydrogen-bond acceptors (Lipinski definition) is 2. The molecule has 0 unspecified atom stereocenters. The van der Waals surface area contributed by atoms with Gasteiger partial charge >= 0.3 is 6.03 Å². The fourth-order valence-corrected chi connectivity index (χ4v) is 3.41. The molecule has 124 valence electrons. The number of carbonyl (C=O) groups excluding carboxylic acids is 1. The molecule has 0 aromatic heterocycles. The zero-order valence-corrected chi connectivity index (χ0v) is 13.7. The van der Waals surface area contributed by atoms with Gasteiger partial charge in [-0.3, -0.25) is 0 Å². The van der Waals surface area contributed by atoms with Gasteiger partial charge in [0.05, 0.1) is 0 Å². The van der Waals surface area contributed by atoms with Crippen molar-refractivity contribution in [1.82, 2.24) is 0 Å². The van der Waals surface area contributed by atoms with Crippen LogP contribution in [0.1, 0.15) is 41.9 Å². The van der Waals surface area contributed by atoms with Gasteiger partial charge < -0.3 is 16.4 Å². The molecule has 1 fully saturated rings. The molecule has 2 aromatic rings. The molecule has 1 saturated carbocycles. The van der Waals surface area contributed by atoms with Gasteiger partial charge in [0.2, 0.25) is 0 Å². The van der Waals surface area contributed by atoms with Crippen molar-refractivity contribution in [2.24, 2.45) is 5.73 Å². The molecule has 2 aliphatic rings. The van der Waals surface area contributed by atoms with Crippen molar-refractivity contribution in [3.05, 3.63) is 59.2 Å². The second kappa shape index (κ2) is 6.29. The molecule has 0 spiro atoms. The van der Waals surface area contributed by atoms with Crippen LogP contribution in [0.2, 0.25) is 0 Å². The minimum Gasteiger partial charge on any atom is -0.327 e. The molecule has 24 heavy (non-hydrogen) atoms. The van der Waals surface area contributed by atoms with E-state index in [1.807, 2.05) is 18.2 Å². The largest absolute Gasteiger partial charge is 0.327 e. The number of urea groups is 1. The summed E-state index contributed by atoms with van der Waals surface area (Å²) in [6.45, 7) is 0. The molecule has 0 radical (unpaired) electrons. The van der Waals surface area contributed by atoms with Gasteiger partial charge in [-0.15, -0.1) is 0 Å². The summed E-state index contributed by atoms with van der Waals surface area (Å²) in [6, 6.07) is 14.3. The molecule has 2 aromatic carbocycles. The molecule has 0 bridgehead atoms. The van der Waals surface area contributed by atoms with Gasteiger partial charge in [-0.05, 0) is 79.0 Å². The number of nitrogens with one attached hydrogen (secondary N) is 2. The number of aryl methyl sites for hydroxylation is 1. The number of amides is 2. The Bertz CT molecular complexity index is 750. The molecule has 4 rings (SSSR count). The van der Waals surface area contributed by atoms with Crippen LogP contribution in [0.4, 0.5) is 16.2 Å². The number of rotatable bonds is 3. The van der Waals surface area contributed by atoms with Gasteiger partial charge in [-0.2, -0.15) is 0 Å². The Labute approximate surface area is 142 Å². The van der Waals surface area contributed by atoms with Gasteiger partial charge in [0.1, 0.15) is 0 Å². The van der Waals surface area contributed by atoms with Crippen LogP contribution in [0.25, 0.3) is 0 Å². The van der Waals surface area contributed by atoms with Crippen molar-refractivity contribution in [3.63, 3.8) is 0 Å². The van der Waals surface area contributed by atoms with Gasteiger partial charge in [0, 0.05) is 17.4 Å². The standard InChI is InChI=1S/C20H23N3O/c21-17-7-3-16-12-19(10-6-15(16)11-17)23-20(24)22-18-8-4-14(5-9-18)13-1-2-13/h4-6,8-10,12-13,17H,1-3,7,11,21H2,(H2,22,23,24)/t17-/m0/s1. The third-order valence-electron chi connectivity index (χ3n) is 4.95. The molecule has 0 saturated heterocycles. The highest BCUT2D eigenvalue weighted by Gasteiger charge is 2.23. The minimum absolute atomic E-state index is 0.207. The SMILES string of the molecule is N[C@H]1CCc2cc(NC(=O)Nc3ccc(C4CC4)cc3)ccc2C1. The summed E-state index contributed by atoms with van der Waals surface area (Å²) in [5.74, 6) is 0.733. The van der Waals surface area contributed by atoms with E-state index in [0.29, 0.717) is 0 Å². The quantitative estimate of drug-likeness (QED) is 0.799. The lowest BCUT2D eigenvalue weighted by Gasteiger charge is -2.22. The van der Waals surface area contributed by atoms with E-state index in [2.05, 4.69) is 34.9 Å². The van der Waals surface area contributed by atoms with Gasteiger partial charge in [0.25, 0.3) is 0 Å². The fourth-order valence-electron chi connectivity index (χ4n) is 3.41. The lowest BCUT2D eigenvalue weighted by Crippen LogP contribution is -2.28. The first-order valence-corrected chi connectivity index (χ1v) is 8.73. The summed E-state index contributed by atoms with van der Waals surface area (Å²) in [5.41, 5.74) is 11.6. The average Bonchev–Trinajstić information content (AvgIpc) is 3.40. The van der Waals surface area contributed by atoms with E-state index >= 15 is 0 Å². The Morgan fingerprint density at radius 3 is 2.38 bits per heavy atom. The lowest BCUT2D eigenvalue weighted by molar-refractivity contribution is 0.262. The van der Waals surface area contributed by atoms with E-state index in [4.69, 9.17) is 5.73 Å². The maximum absolute atomic E-state index is 12.2. The zero-order chi connectivity index (χ0) is 16.5. The first kappa shape index (κ1) is 15.2. The number of benzene rings is 2. The zero-order valence-electron chi connectivity index (χ0n) is 13.7. The summed E-state index contributed by atoms with van der Waals surface area (Å²) in [7, 11) is 0. The van der Waals surface area contributed by atoms with E-state index in [9.17, 15) is 4.79 Å². The lowest BCUT2D eigenvalue weighted by atomic mass is 9.88. The number of fused-ring (bicyclic) bond motifs is 1. The Kier molecular flexibility index (Phi) is 3.98. The summed E-state index contributed by atoms with van der Waals surface area (Å²) < 4.78 is 0. The van der Waals surface area contributed by atoms with Crippen LogP contribution in [0, 0.1) is 0 Å². The number of nitrogens with two attached hydrogens (primary N) is 1.